The Morgan fingerprint density at radius 2 is 1.77 bits per heavy atom. The first-order valence-electron chi connectivity index (χ1n) is 9.56. The summed E-state index contributed by atoms with van der Waals surface area (Å²) in [5, 5.41) is 2.86. The SMILES string of the molecule is O=C(C=Cc1ccccc1)Nc1ccc(C(c2cccc(F)c2)n2ccnc2)cc1. The fourth-order valence-corrected chi connectivity index (χ4v) is 3.30. The van der Waals surface area contributed by atoms with Gasteiger partial charge in [-0.05, 0) is 47.0 Å². The van der Waals surface area contributed by atoms with E-state index >= 15 is 0 Å². The minimum Gasteiger partial charge on any atom is -0.326 e. The number of aromatic nitrogens is 2. The van der Waals surface area contributed by atoms with E-state index in [1.54, 1.807) is 24.7 Å². The summed E-state index contributed by atoms with van der Waals surface area (Å²) in [5.41, 5.74) is 3.42. The van der Waals surface area contributed by atoms with Gasteiger partial charge in [-0.25, -0.2) is 9.37 Å². The van der Waals surface area contributed by atoms with Gasteiger partial charge in [0.05, 0.1) is 12.4 Å². The van der Waals surface area contributed by atoms with Gasteiger partial charge in [0.15, 0.2) is 0 Å². The number of hydrogen-bond acceptors (Lipinski definition) is 2. The molecule has 5 heteroatoms. The van der Waals surface area contributed by atoms with Crippen molar-refractivity contribution in [2.75, 3.05) is 5.32 Å². The smallest absolute Gasteiger partial charge is 0.248 e. The third-order valence-corrected chi connectivity index (χ3v) is 4.71. The first-order chi connectivity index (χ1) is 14.7. The molecule has 1 atom stereocenters. The van der Waals surface area contributed by atoms with E-state index in [1.165, 1.54) is 18.2 Å². The van der Waals surface area contributed by atoms with Crippen LogP contribution in [0, 0.1) is 5.82 Å². The van der Waals surface area contributed by atoms with E-state index in [9.17, 15) is 9.18 Å². The number of anilines is 1. The minimum atomic E-state index is -0.285. The van der Waals surface area contributed by atoms with Crippen LogP contribution in [-0.2, 0) is 4.79 Å². The minimum absolute atomic E-state index is 0.206. The van der Waals surface area contributed by atoms with Gasteiger partial charge in [0.2, 0.25) is 5.91 Å². The highest BCUT2D eigenvalue weighted by Crippen LogP contribution is 2.28. The maximum absolute atomic E-state index is 13.8. The Balaban J connectivity index is 1.52. The molecule has 30 heavy (non-hydrogen) atoms. The summed E-state index contributed by atoms with van der Waals surface area (Å²) in [6.07, 6.45) is 8.52. The van der Waals surface area contributed by atoms with Gasteiger partial charge in [0.25, 0.3) is 0 Å². The number of nitrogens with zero attached hydrogens (tertiary/aromatic N) is 2. The monoisotopic (exact) mass is 397 g/mol. The van der Waals surface area contributed by atoms with Gasteiger partial charge in [0, 0.05) is 24.2 Å². The Labute approximate surface area is 174 Å². The second kappa shape index (κ2) is 9.01. The molecule has 0 saturated heterocycles. The largest absolute Gasteiger partial charge is 0.326 e. The number of halogens is 1. The van der Waals surface area contributed by atoms with E-state index in [0.717, 1.165) is 16.7 Å². The highest BCUT2D eigenvalue weighted by molar-refractivity contribution is 6.01. The van der Waals surface area contributed by atoms with Crippen LogP contribution in [-0.4, -0.2) is 15.5 Å². The molecule has 0 aliphatic carbocycles. The number of carbonyl (C=O) groups excluding carboxylic acids is 1. The van der Waals surface area contributed by atoms with Crippen LogP contribution in [0.4, 0.5) is 10.1 Å². The maximum atomic E-state index is 13.8. The quantitative estimate of drug-likeness (QED) is 0.448. The van der Waals surface area contributed by atoms with E-state index in [2.05, 4.69) is 10.3 Å². The van der Waals surface area contributed by atoms with Gasteiger partial charge in [-0.3, -0.25) is 4.79 Å². The van der Waals surface area contributed by atoms with Crippen LogP contribution in [0.1, 0.15) is 22.7 Å². The number of rotatable bonds is 6. The molecule has 1 N–H and O–H groups in total. The van der Waals surface area contributed by atoms with E-state index in [0.29, 0.717) is 5.69 Å². The molecule has 4 rings (SSSR count). The molecule has 0 bridgehead atoms. The Hall–Kier alpha value is -3.99. The molecule has 3 aromatic carbocycles. The molecular weight excluding hydrogens is 377 g/mol. The van der Waals surface area contributed by atoms with Crippen LogP contribution in [0.25, 0.3) is 6.08 Å². The molecule has 0 spiro atoms. The van der Waals surface area contributed by atoms with Crippen molar-refractivity contribution in [3.8, 4) is 0 Å². The summed E-state index contributed by atoms with van der Waals surface area (Å²) in [5.74, 6) is -0.491. The zero-order chi connectivity index (χ0) is 20.8. The lowest BCUT2D eigenvalue weighted by molar-refractivity contribution is -0.111. The zero-order valence-electron chi connectivity index (χ0n) is 16.2. The molecule has 0 aliphatic heterocycles. The Morgan fingerprint density at radius 1 is 0.967 bits per heavy atom. The van der Waals surface area contributed by atoms with Gasteiger partial charge < -0.3 is 9.88 Å². The lowest BCUT2D eigenvalue weighted by Gasteiger charge is -2.20. The van der Waals surface area contributed by atoms with E-state index in [1.807, 2.05) is 71.4 Å². The summed E-state index contributed by atoms with van der Waals surface area (Å²) in [4.78, 5) is 16.3. The van der Waals surface area contributed by atoms with E-state index in [-0.39, 0.29) is 17.8 Å². The van der Waals surface area contributed by atoms with Crippen molar-refractivity contribution in [2.24, 2.45) is 0 Å². The van der Waals surface area contributed by atoms with Crippen LogP contribution in [0.15, 0.2) is 104 Å². The summed E-state index contributed by atoms with van der Waals surface area (Å²) >= 11 is 0. The number of carbonyl (C=O) groups is 1. The topological polar surface area (TPSA) is 46.9 Å². The van der Waals surface area contributed by atoms with Crippen LogP contribution in [0.5, 0.6) is 0 Å². The molecule has 0 aliphatic rings. The van der Waals surface area contributed by atoms with Crippen molar-refractivity contribution in [2.45, 2.75) is 6.04 Å². The van der Waals surface area contributed by atoms with Crippen molar-refractivity contribution in [3.05, 3.63) is 126 Å². The molecule has 0 fully saturated rings. The van der Waals surface area contributed by atoms with E-state index in [4.69, 9.17) is 0 Å². The van der Waals surface area contributed by atoms with Crippen molar-refractivity contribution >= 4 is 17.7 Å². The third kappa shape index (κ3) is 4.70. The molecule has 0 radical (unpaired) electrons. The summed E-state index contributed by atoms with van der Waals surface area (Å²) in [7, 11) is 0. The molecule has 1 unspecified atom stereocenters. The van der Waals surface area contributed by atoms with Crippen molar-refractivity contribution in [1.29, 1.82) is 0 Å². The molecule has 148 valence electrons. The fraction of sp³-hybridized carbons (Fsp3) is 0.0400. The molecule has 4 aromatic rings. The molecule has 1 amide bonds. The Kier molecular flexibility index (Phi) is 5.80. The number of hydrogen-bond donors (Lipinski definition) is 1. The van der Waals surface area contributed by atoms with Crippen LogP contribution in [0.2, 0.25) is 0 Å². The van der Waals surface area contributed by atoms with Crippen molar-refractivity contribution in [1.82, 2.24) is 9.55 Å². The van der Waals surface area contributed by atoms with Gasteiger partial charge in [-0.1, -0.05) is 54.6 Å². The van der Waals surface area contributed by atoms with Crippen molar-refractivity contribution in [3.63, 3.8) is 0 Å². The fourth-order valence-electron chi connectivity index (χ4n) is 3.30. The Bertz CT molecular complexity index is 1140. The predicted octanol–water partition coefficient (Wildman–Crippen LogP) is 5.31. The summed E-state index contributed by atoms with van der Waals surface area (Å²) in [6.45, 7) is 0. The molecule has 1 aromatic heterocycles. The third-order valence-electron chi connectivity index (χ3n) is 4.71. The summed E-state index contributed by atoms with van der Waals surface area (Å²) < 4.78 is 15.7. The first-order valence-corrected chi connectivity index (χ1v) is 9.56. The molecular formula is C25H20FN3O. The zero-order valence-corrected chi connectivity index (χ0v) is 16.2. The van der Waals surface area contributed by atoms with Gasteiger partial charge in [-0.15, -0.1) is 0 Å². The molecule has 0 saturated carbocycles. The Morgan fingerprint density at radius 3 is 2.47 bits per heavy atom. The molecule has 4 nitrogen and oxygen atoms in total. The second-order valence-corrected chi connectivity index (χ2v) is 6.82. The van der Waals surface area contributed by atoms with E-state index < -0.39 is 0 Å². The lowest BCUT2D eigenvalue weighted by Crippen LogP contribution is -2.12. The number of amides is 1. The first kappa shape index (κ1) is 19.3. The second-order valence-electron chi connectivity index (χ2n) is 6.82. The number of imidazole rings is 1. The normalized spacial score (nSPS) is 12.0. The van der Waals surface area contributed by atoms with Gasteiger partial charge in [0.1, 0.15) is 5.82 Å². The average Bonchev–Trinajstić information content (AvgIpc) is 3.29. The lowest BCUT2D eigenvalue weighted by atomic mass is 9.98. The standard InChI is InChI=1S/C25H20FN3O/c26-22-8-4-7-21(17-22)25(29-16-15-27-18-29)20-10-12-23(13-11-20)28-24(30)14-9-19-5-2-1-3-6-19/h1-18,25H,(H,28,30). The highest BCUT2D eigenvalue weighted by Gasteiger charge is 2.16. The maximum Gasteiger partial charge on any atom is 0.248 e. The summed E-state index contributed by atoms with van der Waals surface area (Å²) in [6, 6.07) is 23.5. The van der Waals surface area contributed by atoms with Crippen LogP contribution in [0.3, 0.4) is 0 Å². The predicted molar refractivity (Wildman–Crippen MR) is 116 cm³/mol. The van der Waals surface area contributed by atoms with Gasteiger partial charge in [-0.2, -0.15) is 0 Å². The van der Waals surface area contributed by atoms with Gasteiger partial charge >= 0.3 is 0 Å². The van der Waals surface area contributed by atoms with Crippen LogP contribution < -0.4 is 5.32 Å². The van der Waals surface area contributed by atoms with Crippen molar-refractivity contribution < 1.29 is 9.18 Å². The molecule has 1 heterocycles. The van der Waals surface area contributed by atoms with Crippen LogP contribution >= 0.6 is 0 Å². The average molecular weight is 397 g/mol. The number of benzene rings is 3. The highest BCUT2D eigenvalue weighted by atomic mass is 19.1. The number of nitrogens with one attached hydrogen (secondary N) is 1.